The third-order valence-electron chi connectivity index (χ3n) is 2.60. The highest BCUT2D eigenvalue weighted by Crippen LogP contribution is 2.33. The van der Waals surface area contributed by atoms with Gasteiger partial charge in [-0.3, -0.25) is 0 Å². The van der Waals surface area contributed by atoms with Gasteiger partial charge in [0.05, 0.1) is 6.61 Å². The highest BCUT2D eigenvalue weighted by Gasteiger charge is 2.18. The average molecular weight is 192 g/mol. The van der Waals surface area contributed by atoms with Crippen molar-refractivity contribution < 1.29 is 4.74 Å². The number of fused-ring (bicyclic) bond motifs is 1. The normalized spacial score (nSPS) is 19.8. The topological polar surface area (TPSA) is 38.5 Å². The second-order valence-corrected chi connectivity index (χ2v) is 3.86. The molecule has 0 radical (unpaired) electrons. The van der Waals surface area contributed by atoms with Crippen LogP contribution in [0, 0.1) is 0 Å². The van der Waals surface area contributed by atoms with Crippen molar-refractivity contribution in [1.82, 2.24) is 0 Å². The van der Waals surface area contributed by atoms with Gasteiger partial charge in [-0.2, -0.15) is 0 Å². The lowest BCUT2D eigenvalue weighted by atomic mass is 10.0. The maximum atomic E-state index is 5.98. The average Bonchev–Trinajstić information content (AvgIpc) is 2.17. The van der Waals surface area contributed by atoms with E-state index in [1.807, 2.05) is 20.2 Å². The molecular formula is C11H16N2O. The van der Waals surface area contributed by atoms with Gasteiger partial charge in [-0.25, -0.2) is 0 Å². The fourth-order valence-corrected chi connectivity index (χ4v) is 1.68. The monoisotopic (exact) mass is 192 g/mol. The van der Waals surface area contributed by atoms with Gasteiger partial charge in [-0.1, -0.05) is 6.07 Å². The molecule has 0 aliphatic carbocycles. The predicted octanol–water partition coefficient (Wildman–Crippen LogP) is 1.53. The maximum Gasteiger partial charge on any atom is 0.126 e. The van der Waals surface area contributed by atoms with E-state index in [2.05, 4.69) is 17.0 Å². The summed E-state index contributed by atoms with van der Waals surface area (Å²) in [5.74, 6) is 0.940. The number of rotatable bonds is 1. The summed E-state index contributed by atoms with van der Waals surface area (Å²) in [5, 5.41) is 0. The van der Waals surface area contributed by atoms with Gasteiger partial charge in [0.25, 0.3) is 0 Å². The van der Waals surface area contributed by atoms with Crippen LogP contribution in [-0.2, 0) is 0 Å². The van der Waals surface area contributed by atoms with E-state index in [-0.39, 0.29) is 6.04 Å². The zero-order valence-corrected chi connectivity index (χ0v) is 8.66. The molecule has 0 bridgehead atoms. The zero-order valence-electron chi connectivity index (χ0n) is 8.66. The molecule has 3 heteroatoms. The molecule has 1 atom stereocenters. The second-order valence-electron chi connectivity index (χ2n) is 3.86. The Morgan fingerprint density at radius 3 is 2.93 bits per heavy atom. The summed E-state index contributed by atoms with van der Waals surface area (Å²) in [6, 6.07) is 6.32. The molecule has 0 saturated heterocycles. The highest BCUT2D eigenvalue weighted by atomic mass is 16.5. The molecular weight excluding hydrogens is 176 g/mol. The summed E-state index contributed by atoms with van der Waals surface area (Å²) in [6.45, 7) is 0.727. The zero-order chi connectivity index (χ0) is 10.1. The smallest absolute Gasteiger partial charge is 0.126 e. The molecule has 0 amide bonds. The van der Waals surface area contributed by atoms with Crippen LogP contribution in [0.5, 0.6) is 5.75 Å². The molecule has 14 heavy (non-hydrogen) atoms. The molecule has 1 aromatic rings. The van der Waals surface area contributed by atoms with Gasteiger partial charge in [0, 0.05) is 43.9 Å². The number of hydrogen-bond acceptors (Lipinski definition) is 3. The van der Waals surface area contributed by atoms with E-state index in [1.54, 1.807) is 0 Å². The number of anilines is 1. The molecule has 0 aromatic heterocycles. The maximum absolute atomic E-state index is 5.98. The first-order chi connectivity index (χ1) is 6.68. The van der Waals surface area contributed by atoms with Crippen LogP contribution in [-0.4, -0.2) is 20.7 Å². The Hall–Kier alpha value is -1.22. The van der Waals surface area contributed by atoms with Crippen molar-refractivity contribution in [2.45, 2.75) is 12.5 Å². The summed E-state index contributed by atoms with van der Waals surface area (Å²) < 4.78 is 5.58. The van der Waals surface area contributed by atoms with Gasteiger partial charge >= 0.3 is 0 Å². The summed E-state index contributed by atoms with van der Waals surface area (Å²) >= 11 is 0. The number of nitrogens with two attached hydrogens (primary N) is 1. The van der Waals surface area contributed by atoms with Gasteiger partial charge in [-0.05, 0) is 6.07 Å². The molecule has 1 unspecified atom stereocenters. The molecule has 1 aromatic carbocycles. The number of hydrogen-bond donors (Lipinski definition) is 1. The molecule has 1 aliphatic rings. The summed E-state index contributed by atoms with van der Waals surface area (Å²) in [4.78, 5) is 2.06. The van der Waals surface area contributed by atoms with E-state index in [4.69, 9.17) is 10.5 Å². The standard InChI is InChI=1S/C11H16N2O/c1-13(2)8-3-4-9-10(12)5-6-14-11(9)7-8/h3-4,7,10H,5-6,12H2,1-2H3. The minimum absolute atomic E-state index is 0.134. The SMILES string of the molecule is CN(C)c1ccc2c(c1)OCCC2N. The molecule has 0 fully saturated rings. The van der Waals surface area contributed by atoms with Gasteiger partial charge in [0.2, 0.25) is 0 Å². The van der Waals surface area contributed by atoms with Crippen LogP contribution >= 0.6 is 0 Å². The lowest BCUT2D eigenvalue weighted by molar-refractivity contribution is 0.269. The predicted molar refractivity (Wildman–Crippen MR) is 57.8 cm³/mol. The molecule has 2 N–H and O–H groups in total. The quantitative estimate of drug-likeness (QED) is 0.733. The summed E-state index contributed by atoms with van der Waals surface area (Å²) in [7, 11) is 4.04. The van der Waals surface area contributed by atoms with Crippen molar-refractivity contribution in [1.29, 1.82) is 0 Å². The molecule has 0 saturated carbocycles. The van der Waals surface area contributed by atoms with Crippen LogP contribution in [0.25, 0.3) is 0 Å². The van der Waals surface area contributed by atoms with Gasteiger partial charge < -0.3 is 15.4 Å². The fourth-order valence-electron chi connectivity index (χ4n) is 1.68. The third-order valence-corrected chi connectivity index (χ3v) is 2.60. The first-order valence-corrected chi connectivity index (χ1v) is 4.88. The van der Waals surface area contributed by atoms with E-state index in [0.717, 1.165) is 30.0 Å². The summed E-state index contributed by atoms with van der Waals surface area (Å²) in [5.41, 5.74) is 8.26. The van der Waals surface area contributed by atoms with E-state index in [1.165, 1.54) is 0 Å². The van der Waals surface area contributed by atoms with Crippen LogP contribution in [0.4, 0.5) is 5.69 Å². The summed E-state index contributed by atoms with van der Waals surface area (Å²) in [6.07, 6.45) is 0.911. The van der Waals surface area contributed by atoms with Crippen molar-refractivity contribution in [3.05, 3.63) is 23.8 Å². The number of benzene rings is 1. The van der Waals surface area contributed by atoms with Crippen molar-refractivity contribution >= 4 is 5.69 Å². The molecule has 0 spiro atoms. The first-order valence-electron chi connectivity index (χ1n) is 4.88. The van der Waals surface area contributed by atoms with Crippen LogP contribution in [0.15, 0.2) is 18.2 Å². The number of nitrogens with zero attached hydrogens (tertiary/aromatic N) is 1. The van der Waals surface area contributed by atoms with Crippen molar-refractivity contribution in [3.8, 4) is 5.75 Å². The van der Waals surface area contributed by atoms with Crippen LogP contribution in [0.1, 0.15) is 18.0 Å². The van der Waals surface area contributed by atoms with Crippen molar-refractivity contribution in [2.24, 2.45) is 5.73 Å². The van der Waals surface area contributed by atoms with E-state index >= 15 is 0 Å². The Morgan fingerprint density at radius 1 is 1.43 bits per heavy atom. The number of ether oxygens (including phenoxy) is 1. The lowest BCUT2D eigenvalue weighted by Crippen LogP contribution is -2.21. The highest BCUT2D eigenvalue weighted by molar-refractivity contribution is 5.54. The second kappa shape index (κ2) is 3.50. The van der Waals surface area contributed by atoms with Gasteiger partial charge in [0.1, 0.15) is 5.75 Å². The molecule has 1 aliphatic heterocycles. The van der Waals surface area contributed by atoms with Crippen molar-refractivity contribution in [2.75, 3.05) is 25.6 Å². The third kappa shape index (κ3) is 1.55. The van der Waals surface area contributed by atoms with Crippen LogP contribution < -0.4 is 15.4 Å². The lowest BCUT2D eigenvalue weighted by Gasteiger charge is -2.24. The molecule has 3 nitrogen and oxygen atoms in total. The Kier molecular flexibility index (Phi) is 2.33. The first kappa shape index (κ1) is 9.34. The van der Waals surface area contributed by atoms with E-state index < -0.39 is 0 Å². The van der Waals surface area contributed by atoms with E-state index in [9.17, 15) is 0 Å². The Labute approximate surface area is 84.5 Å². The Morgan fingerprint density at radius 2 is 2.21 bits per heavy atom. The molecule has 1 heterocycles. The Balaban J connectivity index is 2.39. The van der Waals surface area contributed by atoms with Crippen molar-refractivity contribution in [3.63, 3.8) is 0 Å². The fraction of sp³-hybridized carbons (Fsp3) is 0.455. The van der Waals surface area contributed by atoms with Gasteiger partial charge in [-0.15, -0.1) is 0 Å². The molecule has 2 rings (SSSR count). The van der Waals surface area contributed by atoms with Gasteiger partial charge in [0.15, 0.2) is 0 Å². The largest absolute Gasteiger partial charge is 0.493 e. The van der Waals surface area contributed by atoms with Crippen LogP contribution in [0.3, 0.4) is 0 Å². The van der Waals surface area contributed by atoms with Crippen LogP contribution in [0.2, 0.25) is 0 Å². The minimum Gasteiger partial charge on any atom is -0.493 e. The Bertz CT molecular complexity index is 336. The molecule has 76 valence electrons. The minimum atomic E-state index is 0.134. The van der Waals surface area contributed by atoms with E-state index in [0.29, 0.717) is 0 Å².